The smallest absolute Gasteiger partial charge is 0.305 e. The molecule has 1 aromatic rings. The van der Waals surface area contributed by atoms with Crippen LogP contribution < -0.4 is 0 Å². The molecule has 1 amide bonds. The maximum atomic E-state index is 12.4. The summed E-state index contributed by atoms with van der Waals surface area (Å²) in [5.41, 5.74) is 0.474. The Morgan fingerprint density at radius 2 is 1.90 bits per heavy atom. The topological polar surface area (TPSA) is 60.9 Å². The van der Waals surface area contributed by atoms with Crippen molar-refractivity contribution in [1.82, 2.24) is 9.80 Å². The number of halogens is 1. The van der Waals surface area contributed by atoms with Crippen LogP contribution in [0.4, 0.5) is 0 Å². The molecule has 0 unspecified atom stereocenters. The van der Waals surface area contributed by atoms with Crippen LogP contribution in [0.25, 0.3) is 0 Å². The van der Waals surface area contributed by atoms with Gasteiger partial charge >= 0.3 is 5.97 Å². The molecule has 6 heteroatoms. The van der Waals surface area contributed by atoms with Crippen molar-refractivity contribution in [1.29, 1.82) is 0 Å². The lowest BCUT2D eigenvalue weighted by Crippen LogP contribution is -2.38. The second-order valence-corrected chi connectivity index (χ2v) is 5.19. The van der Waals surface area contributed by atoms with E-state index in [2.05, 4.69) is 0 Å². The van der Waals surface area contributed by atoms with Crippen LogP contribution in [0, 0.1) is 0 Å². The Morgan fingerprint density at radius 1 is 1.20 bits per heavy atom. The fraction of sp³-hybridized carbons (Fsp3) is 0.429. The number of nitrogens with zero attached hydrogens (tertiary/aromatic N) is 2. The third-order valence-electron chi connectivity index (χ3n) is 2.77. The van der Waals surface area contributed by atoms with Gasteiger partial charge in [0.15, 0.2) is 0 Å². The molecule has 0 saturated heterocycles. The van der Waals surface area contributed by atoms with Crippen molar-refractivity contribution >= 4 is 23.5 Å². The van der Waals surface area contributed by atoms with Crippen molar-refractivity contribution in [3.8, 4) is 0 Å². The number of rotatable bonds is 7. The van der Waals surface area contributed by atoms with Crippen LogP contribution in [-0.4, -0.2) is 60.5 Å². The van der Waals surface area contributed by atoms with Gasteiger partial charge in [0.2, 0.25) is 0 Å². The number of amides is 1. The number of carboxylic acid groups (broad SMARTS) is 1. The molecule has 110 valence electrons. The number of hydrogen-bond acceptors (Lipinski definition) is 3. The quantitative estimate of drug-likeness (QED) is 0.834. The van der Waals surface area contributed by atoms with Crippen molar-refractivity contribution in [2.45, 2.75) is 6.42 Å². The Hall–Kier alpha value is -1.59. The molecule has 0 bridgehead atoms. The number of likely N-dealkylation sites (N-methyl/N-ethyl adjacent to an activating group) is 1. The van der Waals surface area contributed by atoms with E-state index in [1.165, 1.54) is 0 Å². The summed E-state index contributed by atoms with van der Waals surface area (Å²) in [6.07, 6.45) is -0.0697. The predicted octanol–water partition coefficient (Wildman–Crippen LogP) is 1.82. The summed E-state index contributed by atoms with van der Waals surface area (Å²) < 4.78 is 0. The third kappa shape index (κ3) is 5.59. The summed E-state index contributed by atoms with van der Waals surface area (Å²) >= 11 is 5.88. The Balaban J connectivity index is 2.79. The number of aliphatic carboxylic acids is 1. The summed E-state index contributed by atoms with van der Waals surface area (Å²) in [6.45, 7) is 1.34. The van der Waals surface area contributed by atoms with E-state index in [9.17, 15) is 9.59 Å². The SMILES string of the molecule is CN(C)CCN(CCC(=O)O)C(=O)c1cccc(Cl)c1. The summed E-state index contributed by atoms with van der Waals surface area (Å²) in [5, 5.41) is 9.25. The molecule has 20 heavy (non-hydrogen) atoms. The van der Waals surface area contributed by atoms with Gasteiger partial charge in [0, 0.05) is 30.2 Å². The summed E-state index contributed by atoms with van der Waals surface area (Å²) in [5.74, 6) is -1.12. The molecule has 0 aliphatic carbocycles. The Kier molecular flexibility index (Phi) is 6.48. The average molecular weight is 299 g/mol. The van der Waals surface area contributed by atoms with Gasteiger partial charge in [-0.3, -0.25) is 9.59 Å². The van der Waals surface area contributed by atoms with Crippen LogP contribution in [0.3, 0.4) is 0 Å². The van der Waals surface area contributed by atoms with E-state index in [4.69, 9.17) is 16.7 Å². The molecule has 0 heterocycles. The highest BCUT2D eigenvalue weighted by Crippen LogP contribution is 2.13. The number of carbonyl (C=O) groups is 2. The number of benzene rings is 1. The van der Waals surface area contributed by atoms with E-state index in [0.717, 1.165) is 0 Å². The minimum atomic E-state index is -0.918. The first kappa shape index (κ1) is 16.5. The maximum absolute atomic E-state index is 12.4. The molecule has 1 aromatic carbocycles. The molecule has 0 fully saturated rings. The first-order chi connectivity index (χ1) is 9.40. The molecule has 1 N–H and O–H groups in total. The minimum Gasteiger partial charge on any atom is -0.481 e. The van der Waals surface area contributed by atoms with Crippen LogP contribution in [0.1, 0.15) is 16.8 Å². The molecule has 1 rings (SSSR count). The van der Waals surface area contributed by atoms with Crippen LogP contribution in [0.2, 0.25) is 5.02 Å². The molecule has 0 aliphatic rings. The van der Waals surface area contributed by atoms with Crippen LogP contribution >= 0.6 is 11.6 Å². The van der Waals surface area contributed by atoms with Crippen LogP contribution in [0.5, 0.6) is 0 Å². The van der Waals surface area contributed by atoms with Crippen molar-refractivity contribution in [3.63, 3.8) is 0 Å². The van der Waals surface area contributed by atoms with Crippen molar-refractivity contribution < 1.29 is 14.7 Å². The summed E-state index contributed by atoms with van der Waals surface area (Å²) in [7, 11) is 3.80. The molecule has 0 saturated carbocycles. The molecule has 0 spiro atoms. The normalized spacial score (nSPS) is 10.6. The fourth-order valence-corrected chi connectivity index (χ4v) is 1.86. The van der Waals surface area contributed by atoms with Gasteiger partial charge in [-0.2, -0.15) is 0 Å². The van der Waals surface area contributed by atoms with Gasteiger partial charge in [0.25, 0.3) is 5.91 Å². The highest BCUT2D eigenvalue weighted by Gasteiger charge is 2.17. The molecule has 5 nitrogen and oxygen atoms in total. The lowest BCUT2D eigenvalue weighted by atomic mass is 10.2. The van der Waals surface area contributed by atoms with Crippen molar-refractivity contribution in [3.05, 3.63) is 34.9 Å². The van der Waals surface area contributed by atoms with E-state index in [1.807, 2.05) is 19.0 Å². The Bertz CT molecular complexity index is 477. The van der Waals surface area contributed by atoms with Crippen LogP contribution in [-0.2, 0) is 4.79 Å². The number of carbonyl (C=O) groups excluding carboxylic acids is 1. The molecule has 0 aromatic heterocycles. The summed E-state index contributed by atoms with van der Waals surface area (Å²) in [6, 6.07) is 6.67. The lowest BCUT2D eigenvalue weighted by molar-refractivity contribution is -0.137. The van der Waals surface area contributed by atoms with E-state index < -0.39 is 5.97 Å². The highest BCUT2D eigenvalue weighted by atomic mass is 35.5. The second-order valence-electron chi connectivity index (χ2n) is 4.75. The molecule has 0 atom stereocenters. The first-order valence-corrected chi connectivity index (χ1v) is 6.69. The fourth-order valence-electron chi connectivity index (χ4n) is 1.67. The van der Waals surface area contributed by atoms with E-state index in [-0.39, 0.29) is 18.9 Å². The second kappa shape index (κ2) is 7.87. The van der Waals surface area contributed by atoms with Gasteiger partial charge < -0.3 is 14.9 Å². The maximum Gasteiger partial charge on any atom is 0.305 e. The predicted molar refractivity (Wildman–Crippen MR) is 78.2 cm³/mol. The zero-order valence-electron chi connectivity index (χ0n) is 11.7. The molecular formula is C14H19ClN2O3. The Morgan fingerprint density at radius 3 is 2.45 bits per heavy atom. The lowest BCUT2D eigenvalue weighted by Gasteiger charge is -2.24. The van der Waals surface area contributed by atoms with Gasteiger partial charge in [0.05, 0.1) is 6.42 Å². The zero-order chi connectivity index (χ0) is 15.1. The monoisotopic (exact) mass is 298 g/mol. The molecular weight excluding hydrogens is 280 g/mol. The first-order valence-electron chi connectivity index (χ1n) is 6.31. The van der Waals surface area contributed by atoms with Crippen LogP contribution in [0.15, 0.2) is 24.3 Å². The van der Waals surface area contributed by atoms with Crippen molar-refractivity contribution in [2.75, 3.05) is 33.7 Å². The van der Waals surface area contributed by atoms with Gasteiger partial charge in [0.1, 0.15) is 0 Å². The number of hydrogen-bond donors (Lipinski definition) is 1. The highest BCUT2D eigenvalue weighted by molar-refractivity contribution is 6.30. The van der Waals surface area contributed by atoms with E-state index in [1.54, 1.807) is 29.2 Å². The third-order valence-corrected chi connectivity index (χ3v) is 3.01. The van der Waals surface area contributed by atoms with Crippen molar-refractivity contribution in [2.24, 2.45) is 0 Å². The van der Waals surface area contributed by atoms with E-state index in [0.29, 0.717) is 23.7 Å². The van der Waals surface area contributed by atoms with Gasteiger partial charge in [-0.15, -0.1) is 0 Å². The zero-order valence-corrected chi connectivity index (χ0v) is 12.4. The van der Waals surface area contributed by atoms with Gasteiger partial charge in [-0.25, -0.2) is 0 Å². The average Bonchev–Trinajstić information content (AvgIpc) is 2.37. The largest absolute Gasteiger partial charge is 0.481 e. The summed E-state index contributed by atoms with van der Waals surface area (Å²) in [4.78, 5) is 26.5. The number of carboxylic acids is 1. The van der Waals surface area contributed by atoms with Gasteiger partial charge in [-0.05, 0) is 32.3 Å². The Labute approximate surface area is 123 Å². The molecule has 0 aliphatic heterocycles. The molecule has 0 radical (unpaired) electrons. The minimum absolute atomic E-state index is 0.0697. The standard InChI is InChI=1S/C14H19ClN2O3/c1-16(2)8-9-17(7-6-13(18)19)14(20)11-4-3-5-12(15)10-11/h3-5,10H,6-9H2,1-2H3,(H,18,19). The van der Waals surface area contributed by atoms with E-state index >= 15 is 0 Å². The van der Waals surface area contributed by atoms with Gasteiger partial charge in [-0.1, -0.05) is 17.7 Å².